The molecule has 0 spiro atoms. The molecule has 0 aromatic heterocycles. The summed E-state index contributed by atoms with van der Waals surface area (Å²) in [6, 6.07) is -0.113. The third-order valence-electron chi connectivity index (χ3n) is 2.66. The predicted octanol–water partition coefficient (Wildman–Crippen LogP) is 0.260. The summed E-state index contributed by atoms with van der Waals surface area (Å²) < 4.78 is 0. The van der Waals surface area contributed by atoms with Crippen molar-refractivity contribution in [3.63, 3.8) is 0 Å². The summed E-state index contributed by atoms with van der Waals surface area (Å²) in [6.45, 7) is 5.85. The first-order chi connectivity index (χ1) is 6.61. The zero-order valence-electron chi connectivity index (χ0n) is 9.45. The summed E-state index contributed by atoms with van der Waals surface area (Å²) in [5.74, 6) is 0.181. The number of hydrogen-bond acceptors (Lipinski definition) is 3. The minimum atomic E-state index is -0.378. The molecule has 0 bridgehead atoms. The fourth-order valence-electron chi connectivity index (χ4n) is 1.58. The van der Waals surface area contributed by atoms with Gasteiger partial charge in [-0.15, -0.1) is 12.4 Å². The minimum Gasteiger partial charge on any atom is -0.351 e. The van der Waals surface area contributed by atoms with Crippen molar-refractivity contribution in [3.8, 4) is 0 Å². The van der Waals surface area contributed by atoms with E-state index in [4.69, 9.17) is 5.73 Å². The van der Waals surface area contributed by atoms with E-state index in [0.29, 0.717) is 0 Å². The van der Waals surface area contributed by atoms with Gasteiger partial charge < -0.3 is 16.4 Å². The second-order valence-corrected chi connectivity index (χ2v) is 4.32. The average Bonchev–Trinajstić information content (AvgIpc) is 2.18. The summed E-state index contributed by atoms with van der Waals surface area (Å²) >= 11 is 0. The van der Waals surface area contributed by atoms with Gasteiger partial charge in [0.15, 0.2) is 0 Å². The van der Waals surface area contributed by atoms with Crippen molar-refractivity contribution in [2.24, 2.45) is 11.7 Å². The molecule has 1 rings (SSSR count). The second-order valence-electron chi connectivity index (χ2n) is 4.32. The second kappa shape index (κ2) is 7.04. The molecular formula is C10H22ClN3O. The van der Waals surface area contributed by atoms with Crippen LogP contribution >= 0.6 is 12.4 Å². The van der Waals surface area contributed by atoms with E-state index in [1.165, 1.54) is 0 Å². The number of carbonyl (C=O) groups is 1. The highest BCUT2D eigenvalue weighted by atomic mass is 35.5. The first kappa shape index (κ1) is 14.7. The molecule has 1 fully saturated rings. The fourth-order valence-corrected chi connectivity index (χ4v) is 1.58. The van der Waals surface area contributed by atoms with Crippen LogP contribution in [0.1, 0.15) is 26.7 Å². The normalized spacial score (nSPS) is 23.1. The van der Waals surface area contributed by atoms with E-state index in [2.05, 4.69) is 10.6 Å². The first-order valence-electron chi connectivity index (χ1n) is 5.38. The molecular weight excluding hydrogens is 214 g/mol. The van der Waals surface area contributed by atoms with Crippen LogP contribution in [0.4, 0.5) is 0 Å². The number of halogens is 1. The highest BCUT2D eigenvalue weighted by Crippen LogP contribution is 2.03. The zero-order valence-corrected chi connectivity index (χ0v) is 10.3. The van der Waals surface area contributed by atoms with Crippen molar-refractivity contribution >= 4 is 18.3 Å². The summed E-state index contributed by atoms with van der Waals surface area (Å²) in [5.41, 5.74) is 5.74. The lowest BCUT2D eigenvalue weighted by Crippen LogP contribution is -2.52. The van der Waals surface area contributed by atoms with Crippen LogP contribution in [0.5, 0.6) is 0 Å². The summed E-state index contributed by atoms with van der Waals surface area (Å²) in [7, 11) is 0. The number of nitrogens with two attached hydrogens (primary N) is 1. The molecule has 0 aromatic carbocycles. The van der Waals surface area contributed by atoms with E-state index < -0.39 is 0 Å². The maximum Gasteiger partial charge on any atom is 0.237 e. The topological polar surface area (TPSA) is 67.2 Å². The molecule has 0 radical (unpaired) electrons. The molecule has 1 amide bonds. The van der Waals surface area contributed by atoms with Gasteiger partial charge in [0.25, 0.3) is 0 Å². The Labute approximate surface area is 97.8 Å². The van der Waals surface area contributed by atoms with Gasteiger partial charge in [0.2, 0.25) is 5.91 Å². The van der Waals surface area contributed by atoms with E-state index in [9.17, 15) is 4.79 Å². The van der Waals surface area contributed by atoms with E-state index in [1.807, 2.05) is 13.8 Å². The van der Waals surface area contributed by atoms with Crippen molar-refractivity contribution in [2.75, 3.05) is 13.1 Å². The average molecular weight is 236 g/mol. The number of carbonyl (C=O) groups excluding carboxylic acids is 1. The standard InChI is InChI=1S/C10H21N3O.ClH/c1-7(2)9(11)10(14)13-8-4-3-5-12-6-8;/h7-9,12H,3-6,11H2,1-2H3,(H,13,14);1H/t8-,9?;/m1./s1. The Morgan fingerprint density at radius 3 is 2.67 bits per heavy atom. The van der Waals surface area contributed by atoms with E-state index in [1.54, 1.807) is 0 Å². The Morgan fingerprint density at radius 2 is 2.20 bits per heavy atom. The lowest BCUT2D eigenvalue weighted by Gasteiger charge is -2.26. The van der Waals surface area contributed by atoms with Gasteiger partial charge >= 0.3 is 0 Å². The maximum atomic E-state index is 11.6. The smallest absolute Gasteiger partial charge is 0.237 e. The van der Waals surface area contributed by atoms with Crippen molar-refractivity contribution in [1.82, 2.24) is 10.6 Å². The van der Waals surface area contributed by atoms with Gasteiger partial charge in [-0.3, -0.25) is 4.79 Å². The van der Waals surface area contributed by atoms with Crippen LogP contribution < -0.4 is 16.4 Å². The molecule has 5 heteroatoms. The Balaban J connectivity index is 0.00000196. The van der Waals surface area contributed by atoms with Crippen LogP contribution in [-0.4, -0.2) is 31.1 Å². The number of nitrogens with one attached hydrogen (secondary N) is 2. The lowest BCUT2D eigenvalue weighted by molar-refractivity contribution is -0.124. The van der Waals surface area contributed by atoms with Crippen LogP contribution in [0.3, 0.4) is 0 Å². The third kappa shape index (κ3) is 4.82. The molecule has 1 unspecified atom stereocenters. The molecule has 90 valence electrons. The van der Waals surface area contributed by atoms with Crippen molar-refractivity contribution in [3.05, 3.63) is 0 Å². The van der Waals surface area contributed by atoms with Crippen molar-refractivity contribution in [1.29, 1.82) is 0 Å². The fraction of sp³-hybridized carbons (Fsp3) is 0.900. The van der Waals surface area contributed by atoms with E-state index in [0.717, 1.165) is 25.9 Å². The number of amides is 1. The molecule has 15 heavy (non-hydrogen) atoms. The van der Waals surface area contributed by atoms with Gasteiger partial charge in [0, 0.05) is 12.6 Å². The number of rotatable bonds is 3. The lowest BCUT2D eigenvalue weighted by atomic mass is 10.0. The van der Waals surface area contributed by atoms with Gasteiger partial charge in [0.05, 0.1) is 6.04 Å². The third-order valence-corrected chi connectivity index (χ3v) is 2.66. The molecule has 0 aromatic rings. The molecule has 1 aliphatic rings. The predicted molar refractivity (Wildman–Crippen MR) is 64.1 cm³/mol. The van der Waals surface area contributed by atoms with Crippen LogP contribution in [0.15, 0.2) is 0 Å². The Morgan fingerprint density at radius 1 is 1.53 bits per heavy atom. The first-order valence-corrected chi connectivity index (χ1v) is 5.38. The van der Waals surface area contributed by atoms with Gasteiger partial charge in [-0.05, 0) is 25.3 Å². The van der Waals surface area contributed by atoms with E-state index in [-0.39, 0.29) is 36.3 Å². The van der Waals surface area contributed by atoms with Gasteiger partial charge in [-0.1, -0.05) is 13.8 Å². The molecule has 4 nitrogen and oxygen atoms in total. The summed E-state index contributed by atoms with van der Waals surface area (Å²) in [5, 5.41) is 6.23. The van der Waals surface area contributed by atoms with Gasteiger partial charge in [-0.2, -0.15) is 0 Å². The molecule has 0 saturated carbocycles. The zero-order chi connectivity index (χ0) is 10.6. The maximum absolute atomic E-state index is 11.6. The Kier molecular flexibility index (Phi) is 6.89. The van der Waals surface area contributed by atoms with Crippen LogP contribution in [-0.2, 0) is 4.79 Å². The van der Waals surface area contributed by atoms with Crippen LogP contribution in [0.2, 0.25) is 0 Å². The molecule has 2 atom stereocenters. The van der Waals surface area contributed by atoms with Crippen LogP contribution in [0.25, 0.3) is 0 Å². The molecule has 1 aliphatic heterocycles. The monoisotopic (exact) mass is 235 g/mol. The molecule has 0 aliphatic carbocycles. The summed E-state index contributed by atoms with van der Waals surface area (Å²) in [6.07, 6.45) is 2.19. The van der Waals surface area contributed by atoms with Crippen molar-refractivity contribution in [2.45, 2.75) is 38.8 Å². The van der Waals surface area contributed by atoms with E-state index >= 15 is 0 Å². The summed E-state index contributed by atoms with van der Waals surface area (Å²) in [4.78, 5) is 11.6. The SMILES string of the molecule is CC(C)C(N)C(=O)N[C@@H]1CCCNC1.Cl. The number of hydrogen-bond donors (Lipinski definition) is 3. The Hall–Kier alpha value is -0.320. The molecule has 4 N–H and O–H groups in total. The highest BCUT2D eigenvalue weighted by molar-refractivity contribution is 5.85. The largest absolute Gasteiger partial charge is 0.351 e. The quantitative estimate of drug-likeness (QED) is 0.658. The Bertz CT molecular complexity index is 193. The highest BCUT2D eigenvalue weighted by Gasteiger charge is 2.21. The van der Waals surface area contributed by atoms with Gasteiger partial charge in [0.1, 0.15) is 0 Å². The number of piperidine rings is 1. The van der Waals surface area contributed by atoms with Gasteiger partial charge in [-0.25, -0.2) is 0 Å². The van der Waals surface area contributed by atoms with Crippen LogP contribution in [0, 0.1) is 5.92 Å². The van der Waals surface area contributed by atoms with Crippen molar-refractivity contribution < 1.29 is 4.79 Å². The minimum absolute atomic E-state index is 0. The molecule has 1 saturated heterocycles. The molecule has 1 heterocycles.